The van der Waals surface area contributed by atoms with Crippen LogP contribution in [0.15, 0.2) is 47.3 Å². The lowest BCUT2D eigenvalue weighted by atomic mass is 10.0. The molecule has 5 heteroatoms. The summed E-state index contributed by atoms with van der Waals surface area (Å²) in [4.78, 5) is 24.1. The van der Waals surface area contributed by atoms with E-state index >= 15 is 0 Å². The number of hydrogen-bond donors (Lipinski definition) is 1. The minimum absolute atomic E-state index is 0.111. The van der Waals surface area contributed by atoms with Crippen LogP contribution in [0, 0.1) is 5.82 Å². The molecule has 0 saturated carbocycles. The number of hydrogen-bond acceptors (Lipinski definition) is 3. The molecule has 1 aliphatic rings. The molecule has 0 spiro atoms. The molecular weight excluding hydrogens is 355 g/mol. The Kier molecular flexibility index (Phi) is 5.09. The Labute approximate surface area is 163 Å². The first-order valence-corrected chi connectivity index (χ1v) is 9.66. The quantitative estimate of drug-likeness (QED) is 0.669. The first kappa shape index (κ1) is 18.6. The van der Waals surface area contributed by atoms with E-state index in [2.05, 4.69) is 17.4 Å². The molecule has 1 unspecified atom stereocenters. The fourth-order valence-electron chi connectivity index (χ4n) is 3.93. The molecule has 1 N–H and O–H groups in total. The number of fused-ring (bicyclic) bond motifs is 2. The van der Waals surface area contributed by atoms with E-state index in [9.17, 15) is 14.0 Å². The Hall–Kier alpha value is -2.79. The summed E-state index contributed by atoms with van der Waals surface area (Å²) < 4.78 is 15.4. The molecule has 0 aliphatic heterocycles. The van der Waals surface area contributed by atoms with Gasteiger partial charge in [0.05, 0.1) is 18.1 Å². The maximum Gasteiger partial charge on any atom is 0.255 e. The van der Waals surface area contributed by atoms with Crippen molar-refractivity contribution in [3.05, 3.63) is 80.9 Å². The van der Waals surface area contributed by atoms with Crippen molar-refractivity contribution in [3.8, 4) is 0 Å². The number of nitrogens with zero attached hydrogens (tertiary/aromatic N) is 1. The predicted molar refractivity (Wildman–Crippen MR) is 108 cm³/mol. The third-order valence-electron chi connectivity index (χ3n) is 5.43. The maximum absolute atomic E-state index is 13.7. The largest absolute Gasteiger partial charge is 0.304 e. The van der Waals surface area contributed by atoms with Gasteiger partial charge in [0.1, 0.15) is 12.1 Å². The predicted octanol–water partition coefficient (Wildman–Crippen LogP) is 3.35. The molecule has 0 fully saturated rings. The molecule has 144 valence electrons. The van der Waals surface area contributed by atoms with Crippen molar-refractivity contribution < 1.29 is 9.18 Å². The van der Waals surface area contributed by atoms with Crippen molar-refractivity contribution in [3.63, 3.8) is 0 Å². The van der Waals surface area contributed by atoms with E-state index in [1.54, 1.807) is 17.6 Å². The summed E-state index contributed by atoms with van der Waals surface area (Å²) in [6.45, 7) is 2.38. The fraction of sp³-hybridized carbons (Fsp3) is 0.304. The van der Waals surface area contributed by atoms with Gasteiger partial charge >= 0.3 is 0 Å². The van der Waals surface area contributed by atoms with Crippen LogP contribution in [0.3, 0.4) is 0 Å². The SMILES string of the molecule is CC(C=O)NCc1cc2cc3c(cc2n(Cc2cccc(F)c2)c1=O)CCC3. The number of carbonyl (C=O) groups is 1. The summed E-state index contributed by atoms with van der Waals surface area (Å²) in [6.07, 6.45) is 4.04. The van der Waals surface area contributed by atoms with Crippen molar-refractivity contribution in [2.24, 2.45) is 0 Å². The van der Waals surface area contributed by atoms with Crippen molar-refractivity contribution in [1.29, 1.82) is 0 Å². The van der Waals surface area contributed by atoms with Crippen LogP contribution in [-0.2, 0) is 30.7 Å². The van der Waals surface area contributed by atoms with Crippen molar-refractivity contribution in [2.75, 3.05) is 0 Å². The number of benzene rings is 2. The van der Waals surface area contributed by atoms with E-state index in [-0.39, 0.29) is 17.4 Å². The van der Waals surface area contributed by atoms with Gasteiger partial charge in [0.2, 0.25) is 0 Å². The lowest BCUT2D eigenvalue weighted by Gasteiger charge is -2.16. The molecule has 0 amide bonds. The molecule has 3 aromatic rings. The summed E-state index contributed by atoms with van der Waals surface area (Å²) >= 11 is 0. The lowest BCUT2D eigenvalue weighted by Crippen LogP contribution is -2.32. The van der Waals surface area contributed by atoms with Crippen LogP contribution in [0.25, 0.3) is 10.9 Å². The van der Waals surface area contributed by atoms with Gasteiger partial charge in [-0.1, -0.05) is 12.1 Å². The van der Waals surface area contributed by atoms with E-state index in [1.165, 1.54) is 23.3 Å². The summed E-state index contributed by atoms with van der Waals surface area (Å²) in [6, 6.07) is 12.2. The third kappa shape index (κ3) is 3.62. The number of pyridine rings is 1. The highest BCUT2D eigenvalue weighted by atomic mass is 19.1. The molecule has 1 atom stereocenters. The average Bonchev–Trinajstić information content (AvgIpc) is 3.14. The highest BCUT2D eigenvalue weighted by molar-refractivity contribution is 5.82. The van der Waals surface area contributed by atoms with Gasteiger partial charge in [0.25, 0.3) is 5.56 Å². The summed E-state index contributed by atoms with van der Waals surface area (Å²) in [5.74, 6) is -0.312. The Morgan fingerprint density at radius 2 is 1.96 bits per heavy atom. The Morgan fingerprint density at radius 3 is 2.71 bits per heavy atom. The highest BCUT2D eigenvalue weighted by Gasteiger charge is 2.16. The number of rotatable bonds is 6. The molecule has 2 aromatic carbocycles. The molecule has 0 saturated heterocycles. The summed E-state index contributed by atoms with van der Waals surface area (Å²) in [5, 5.41) is 4.07. The van der Waals surface area contributed by atoms with Gasteiger partial charge in [0.15, 0.2) is 0 Å². The number of aromatic nitrogens is 1. The molecule has 1 aliphatic carbocycles. The zero-order chi connectivity index (χ0) is 19.7. The third-order valence-corrected chi connectivity index (χ3v) is 5.43. The zero-order valence-electron chi connectivity index (χ0n) is 15.9. The van der Waals surface area contributed by atoms with Gasteiger partial charge in [0, 0.05) is 12.1 Å². The number of nitrogens with one attached hydrogen (secondary N) is 1. The second-order valence-corrected chi connectivity index (χ2v) is 7.53. The molecule has 0 radical (unpaired) electrons. The van der Waals surface area contributed by atoms with E-state index in [0.717, 1.165) is 42.0 Å². The van der Waals surface area contributed by atoms with E-state index in [0.29, 0.717) is 18.7 Å². The summed E-state index contributed by atoms with van der Waals surface area (Å²) in [7, 11) is 0. The van der Waals surface area contributed by atoms with Crippen LogP contribution in [0.1, 0.15) is 35.6 Å². The molecule has 1 aromatic heterocycles. The average molecular weight is 378 g/mol. The second-order valence-electron chi connectivity index (χ2n) is 7.53. The minimum atomic E-state index is -0.327. The van der Waals surface area contributed by atoms with Crippen molar-refractivity contribution >= 4 is 17.2 Å². The number of aryl methyl sites for hydroxylation is 2. The van der Waals surface area contributed by atoms with Crippen LogP contribution < -0.4 is 10.9 Å². The van der Waals surface area contributed by atoms with Gasteiger partial charge in [-0.15, -0.1) is 0 Å². The lowest BCUT2D eigenvalue weighted by molar-refractivity contribution is -0.109. The van der Waals surface area contributed by atoms with Gasteiger partial charge < -0.3 is 14.7 Å². The molecular formula is C23H23FN2O2. The number of halogens is 1. The molecule has 4 nitrogen and oxygen atoms in total. The molecule has 4 rings (SSSR count). The second kappa shape index (κ2) is 7.68. The summed E-state index contributed by atoms with van der Waals surface area (Å²) in [5.41, 5.74) is 4.75. The Bertz CT molecular complexity index is 1100. The van der Waals surface area contributed by atoms with E-state index in [4.69, 9.17) is 0 Å². The fourth-order valence-corrected chi connectivity index (χ4v) is 3.93. The van der Waals surface area contributed by atoms with Gasteiger partial charge in [-0.05, 0) is 78.6 Å². The normalized spacial score (nSPS) is 14.2. The molecule has 0 bridgehead atoms. The van der Waals surface area contributed by atoms with E-state index in [1.807, 2.05) is 12.1 Å². The van der Waals surface area contributed by atoms with E-state index < -0.39 is 0 Å². The van der Waals surface area contributed by atoms with Crippen LogP contribution >= 0.6 is 0 Å². The smallest absolute Gasteiger partial charge is 0.255 e. The highest BCUT2D eigenvalue weighted by Crippen LogP contribution is 2.27. The standard InChI is InChI=1S/C23H23FN2O2/c1-15(14-27)25-12-20-10-19-9-17-5-3-6-18(17)11-22(19)26(23(20)28)13-16-4-2-7-21(24)8-16/h2,4,7-11,14-15,25H,3,5-6,12-13H2,1H3. The van der Waals surface area contributed by atoms with Crippen LogP contribution in [-0.4, -0.2) is 16.9 Å². The van der Waals surface area contributed by atoms with Crippen LogP contribution in [0.5, 0.6) is 0 Å². The molecule has 1 heterocycles. The van der Waals surface area contributed by atoms with Crippen molar-refractivity contribution in [1.82, 2.24) is 9.88 Å². The first-order valence-electron chi connectivity index (χ1n) is 9.66. The van der Waals surface area contributed by atoms with Gasteiger partial charge in [-0.2, -0.15) is 0 Å². The topological polar surface area (TPSA) is 51.1 Å². The minimum Gasteiger partial charge on any atom is -0.304 e. The number of aldehydes is 1. The Balaban J connectivity index is 1.84. The van der Waals surface area contributed by atoms with Gasteiger partial charge in [-0.25, -0.2) is 4.39 Å². The number of carbonyl (C=O) groups excluding carboxylic acids is 1. The van der Waals surface area contributed by atoms with Gasteiger partial charge in [-0.3, -0.25) is 4.79 Å². The van der Waals surface area contributed by atoms with Crippen molar-refractivity contribution in [2.45, 2.75) is 45.3 Å². The Morgan fingerprint density at radius 1 is 1.18 bits per heavy atom. The van der Waals surface area contributed by atoms with Crippen LogP contribution in [0.2, 0.25) is 0 Å². The maximum atomic E-state index is 13.7. The van der Waals surface area contributed by atoms with Crippen LogP contribution in [0.4, 0.5) is 4.39 Å². The monoisotopic (exact) mass is 378 g/mol. The molecule has 28 heavy (non-hydrogen) atoms. The first-order chi connectivity index (χ1) is 13.5. The zero-order valence-corrected chi connectivity index (χ0v) is 15.9.